The molecule has 0 aliphatic carbocycles. The number of rotatable bonds is 4. The van der Waals surface area contributed by atoms with Gasteiger partial charge in [-0.2, -0.15) is 13.2 Å². The van der Waals surface area contributed by atoms with Gasteiger partial charge in [0, 0.05) is 37.9 Å². The Labute approximate surface area is 129 Å². The predicted octanol–water partition coefficient (Wildman–Crippen LogP) is 1.38. The Hall–Kier alpha value is -2.71. The standard InChI is InChI=1S/C14H13F3N4O2/c1-21(13(23)14(15,16)17)6-5-19-12(22)10-7-9-3-2-4-18-11(9)20-8-10/h2-4,7-8H,5-6H2,1H3,(H,19,22). The van der Waals surface area contributed by atoms with Crippen LogP contribution in [0.5, 0.6) is 0 Å². The van der Waals surface area contributed by atoms with Gasteiger partial charge in [0.1, 0.15) is 0 Å². The highest BCUT2D eigenvalue weighted by molar-refractivity contribution is 5.96. The van der Waals surface area contributed by atoms with E-state index in [1.807, 2.05) is 0 Å². The van der Waals surface area contributed by atoms with Crippen molar-refractivity contribution in [1.29, 1.82) is 0 Å². The number of nitrogens with one attached hydrogen (secondary N) is 1. The van der Waals surface area contributed by atoms with Crippen LogP contribution in [-0.2, 0) is 4.79 Å². The molecule has 2 heterocycles. The van der Waals surface area contributed by atoms with E-state index < -0.39 is 18.0 Å². The van der Waals surface area contributed by atoms with Crippen molar-refractivity contribution in [3.05, 3.63) is 36.2 Å². The van der Waals surface area contributed by atoms with Crippen LogP contribution in [0.3, 0.4) is 0 Å². The molecule has 0 radical (unpaired) electrons. The van der Waals surface area contributed by atoms with E-state index in [4.69, 9.17) is 0 Å². The van der Waals surface area contributed by atoms with Crippen LogP contribution >= 0.6 is 0 Å². The Balaban J connectivity index is 1.92. The molecule has 2 aromatic heterocycles. The third-order valence-electron chi connectivity index (χ3n) is 3.04. The Morgan fingerprint density at radius 1 is 1.30 bits per heavy atom. The molecule has 9 heteroatoms. The van der Waals surface area contributed by atoms with Crippen LogP contribution in [0.15, 0.2) is 30.6 Å². The van der Waals surface area contributed by atoms with Crippen molar-refractivity contribution >= 4 is 22.8 Å². The number of halogens is 3. The minimum absolute atomic E-state index is 0.109. The molecule has 0 fully saturated rings. The number of carbonyl (C=O) groups excluding carboxylic acids is 2. The van der Waals surface area contributed by atoms with Gasteiger partial charge in [-0.25, -0.2) is 9.97 Å². The fraction of sp³-hybridized carbons (Fsp3) is 0.286. The largest absolute Gasteiger partial charge is 0.471 e. The Bertz CT molecular complexity index is 733. The van der Waals surface area contributed by atoms with Crippen molar-refractivity contribution in [2.45, 2.75) is 6.18 Å². The number of alkyl halides is 3. The van der Waals surface area contributed by atoms with E-state index in [0.29, 0.717) is 15.9 Å². The van der Waals surface area contributed by atoms with Gasteiger partial charge in [-0.3, -0.25) is 9.59 Å². The molecular formula is C14H13F3N4O2. The van der Waals surface area contributed by atoms with Crippen LogP contribution in [0.1, 0.15) is 10.4 Å². The van der Waals surface area contributed by atoms with Gasteiger partial charge in [-0.1, -0.05) is 0 Å². The first-order valence-electron chi connectivity index (χ1n) is 6.60. The number of fused-ring (bicyclic) bond motifs is 1. The van der Waals surface area contributed by atoms with Gasteiger partial charge in [0.15, 0.2) is 5.65 Å². The number of aromatic nitrogens is 2. The van der Waals surface area contributed by atoms with Crippen LogP contribution in [0.4, 0.5) is 13.2 Å². The number of hydrogen-bond acceptors (Lipinski definition) is 4. The minimum atomic E-state index is -4.92. The zero-order valence-electron chi connectivity index (χ0n) is 12.1. The number of nitrogens with zero attached hydrogens (tertiary/aromatic N) is 3. The monoisotopic (exact) mass is 326 g/mol. The van der Waals surface area contributed by atoms with E-state index in [1.54, 1.807) is 24.4 Å². The van der Waals surface area contributed by atoms with E-state index in [1.165, 1.54) is 6.20 Å². The number of amides is 2. The van der Waals surface area contributed by atoms with E-state index in [2.05, 4.69) is 15.3 Å². The summed E-state index contributed by atoms with van der Waals surface area (Å²) in [6.07, 6.45) is -2.02. The van der Waals surface area contributed by atoms with Crippen molar-refractivity contribution in [2.75, 3.05) is 20.1 Å². The second kappa shape index (κ2) is 6.59. The van der Waals surface area contributed by atoms with E-state index >= 15 is 0 Å². The minimum Gasteiger partial charge on any atom is -0.350 e. The van der Waals surface area contributed by atoms with Crippen LogP contribution < -0.4 is 5.32 Å². The summed E-state index contributed by atoms with van der Waals surface area (Å²) in [5, 5.41) is 3.11. The number of hydrogen-bond donors (Lipinski definition) is 1. The lowest BCUT2D eigenvalue weighted by Crippen LogP contribution is -2.42. The zero-order chi connectivity index (χ0) is 17.0. The van der Waals surface area contributed by atoms with Gasteiger partial charge in [0.25, 0.3) is 5.91 Å². The maximum Gasteiger partial charge on any atom is 0.471 e. The molecule has 0 aliphatic rings. The average Bonchev–Trinajstić information content (AvgIpc) is 2.52. The van der Waals surface area contributed by atoms with Crippen molar-refractivity contribution in [2.24, 2.45) is 0 Å². The molecule has 23 heavy (non-hydrogen) atoms. The highest BCUT2D eigenvalue weighted by atomic mass is 19.4. The molecule has 0 bridgehead atoms. The second-order valence-electron chi connectivity index (χ2n) is 4.75. The summed E-state index contributed by atoms with van der Waals surface area (Å²) in [5.74, 6) is -2.44. The first-order valence-corrected chi connectivity index (χ1v) is 6.60. The molecule has 0 saturated heterocycles. The lowest BCUT2D eigenvalue weighted by molar-refractivity contribution is -0.183. The van der Waals surface area contributed by atoms with Gasteiger partial charge in [0.05, 0.1) is 5.56 Å². The quantitative estimate of drug-likeness (QED) is 0.921. The summed E-state index contributed by atoms with van der Waals surface area (Å²) < 4.78 is 36.6. The Kier molecular flexibility index (Phi) is 4.77. The summed E-state index contributed by atoms with van der Waals surface area (Å²) in [6, 6.07) is 5.01. The lowest BCUT2D eigenvalue weighted by atomic mass is 10.2. The second-order valence-corrected chi connectivity index (χ2v) is 4.75. The fourth-order valence-electron chi connectivity index (χ4n) is 1.85. The first-order chi connectivity index (χ1) is 10.8. The van der Waals surface area contributed by atoms with Gasteiger partial charge >= 0.3 is 12.1 Å². The van der Waals surface area contributed by atoms with Crippen molar-refractivity contribution in [1.82, 2.24) is 20.2 Å². The predicted molar refractivity (Wildman–Crippen MR) is 75.6 cm³/mol. The molecular weight excluding hydrogens is 313 g/mol. The first kappa shape index (κ1) is 16.7. The van der Waals surface area contributed by atoms with Gasteiger partial charge in [-0.05, 0) is 18.2 Å². The molecule has 1 N–H and O–H groups in total. The molecule has 122 valence electrons. The summed E-state index contributed by atoms with van der Waals surface area (Å²) in [7, 11) is 1.02. The van der Waals surface area contributed by atoms with Crippen molar-refractivity contribution < 1.29 is 22.8 Å². The normalized spacial score (nSPS) is 11.3. The van der Waals surface area contributed by atoms with Crippen LogP contribution in [0, 0.1) is 0 Å². The van der Waals surface area contributed by atoms with E-state index in [9.17, 15) is 22.8 Å². The van der Waals surface area contributed by atoms with Crippen molar-refractivity contribution in [3.8, 4) is 0 Å². The fourth-order valence-corrected chi connectivity index (χ4v) is 1.85. The molecule has 2 rings (SSSR count). The molecule has 0 spiro atoms. The average molecular weight is 326 g/mol. The van der Waals surface area contributed by atoms with Crippen LogP contribution in [0.25, 0.3) is 11.0 Å². The third kappa shape index (κ3) is 4.15. The Morgan fingerprint density at radius 3 is 2.74 bits per heavy atom. The van der Waals surface area contributed by atoms with E-state index in [0.717, 1.165) is 7.05 Å². The highest BCUT2D eigenvalue weighted by Crippen LogP contribution is 2.17. The molecule has 2 aromatic rings. The molecule has 0 aromatic carbocycles. The lowest BCUT2D eigenvalue weighted by Gasteiger charge is -2.18. The maximum atomic E-state index is 12.2. The highest BCUT2D eigenvalue weighted by Gasteiger charge is 2.40. The smallest absolute Gasteiger partial charge is 0.350 e. The van der Waals surface area contributed by atoms with Gasteiger partial charge in [-0.15, -0.1) is 0 Å². The molecule has 0 saturated carbocycles. The molecule has 2 amide bonds. The van der Waals surface area contributed by atoms with Crippen LogP contribution in [0.2, 0.25) is 0 Å². The molecule has 0 atom stereocenters. The molecule has 0 unspecified atom stereocenters. The number of likely N-dealkylation sites (N-methyl/N-ethyl adjacent to an activating group) is 1. The van der Waals surface area contributed by atoms with Crippen molar-refractivity contribution in [3.63, 3.8) is 0 Å². The SMILES string of the molecule is CN(CCNC(=O)c1cnc2ncccc2c1)C(=O)C(F)(F)F. The van der Waals surface area contributed by atoms with Gasteiger partial charge in [0.2, 0.25) is 0 Å². The van der Waals surface area contributed by atoms with Gasteiger partial charge < -0.3 is 10.2 Å². The molecule has 0 aliphatic heterocycles. The summed E-state index contributed by atoms with van der Waals surface area (Å²) in [6.45, 7) is -0.366. The summed E-state index contributed by atoms with van der Waals surface area (Å²) in [5.41, 5.74) is 0.745. The zero-order valence-corrected chi connectivity index (χ0v) is 12.1. The number of carbonyl (C=O) groups is 2. The summed E-state index contributed by atoms with van der Waals surface area (Å²) in [4.78, 5) is 31.4. The topological polar surface area (TPSA) is 75.2 Å². The third-order valence-corrected chi connectivity index (χ3v) is 3.04. The molecule has 6 nitrogen and oxygen atoms in total. The van der Waals surface area contributed by atoms with E-state index in [-0.39, 0.29) is 18.7 Å². The number of pyridine rings is 2. The Morgan fingerprint density at radius 2 is 2.04 bits per heavy atom. The maximum absolute atomic E-state index is 12.2. The van der Waals surface area contributed by atoms with Crippen LogP contribution in [-0.4, -0.2) is 53.0 Å². The summed E-state index contributed by atoms with van der Waals surface area (Å²) >= 11 is 0.